The van der Waals surface area contributed by atoms with Crippen molar-refractivity contribution < 1.29 is 19.2 Å². The molecule has 1 saturated heterocycles. The van der Waals surface area contributed by atoms with Crippen molar-refractivity contribution in [3.05, 3.63) is 11.7 Å². The normalized spacial score (nSPS) is 19.2. The van der Waals surface area contributed by atoms with Crippen LogP contribution in [0.1, 0.15) is 18.1 Å². The molecule has 2 heterocycles. The number of carboxylic acid groups (broad SMARTS) is 1. The number of nitrogens with zero attached hydrogens (tertiary/aromatic N) is 3. The summed E-state index contributed by atoms with van der Waals surface area (Å²) >= 11 is 1.45. The summed E-state index contributed by atoms with van der Waals surface area (Å²) in [5, 5.41) is 12.6. The second kappa shape index (κ2) is 5.38. The number of aliphatic carboxylic acids is 1. The Morgan fingerprint density at radius 2 is 2.39 bits per heavy atom. The predicted molar refractivity (Wildman–Crippen MR) is 63.0 cm³/mol. The van der Waals surface area contributed by atoms with Gasteiger partial charge in [-0.05, 0) is 6.92 Å². The van der Waals surface area contributed by atoms with Gasteiger partial charge in [-0.15, -0.1) is 11.8 Å². The summed E-state index contributed by atoms with van der Waals surface area (Å²) in [4.78, 5) is 28.2. The summed E-state index contributed by atoms with van der Waals surface area (Å²) in [5.41, 5.74) is 0. The molecule has 0 aromatic carbocycles. The molecule has 0 aliphatic carbocycles. The summed E-state index contributed by atoms with van der Waals surface area (Å²) < 4.78 is 4.90. The summed E-state index contributed by atoms with van der Waals surface area (Å²) in [6.07, 6.45) is 0.527. The van der Waals surface area contributed by atoms with Gasteiger partial charge in [0.15, 0.2) is 5.82 Å². The van der Waals surface area contributed by atoms with E-state index in [4.69, 9.17) is 9.63 Å². The number of hydrogen-bond acceptors (Lipinski definition) is 6. The monoisotopic (exact) mass is 271 g/mol. The Morgan fingerprint density at radius 3 is 3.00 bits per heavy atom. The summed E-state index contributed by atoms with van der Waals surface area (Å²) in [6.45, 7) is 1.70. The number of carboxylic acids is 1. The van der Waals surface area contributed by atoms with Crippen molar-refractivity contribution in [1.82, 2.24) is 15.0 Å². The largest absolute Gasteiger partial charge is 0.480 e. The predicted octanol–water partition coefficient (Wildman–Crippen LogP) is 0.297. The van der Waals surface area contributed by atoms with Gasteiger partial charge in [-0.2, -0.15) is 4.98 Å². The number of carbonyl (C=O) groups excluding carboxylic acids is 1. The Labute approximate surface area is 108 Å². The van der Waals surface area contributed by atoms with Crippen LogP contribution in [0.3, 0.4) is 0 Å². The van der Waals surface area contributed by atoms with Crippen molar-refractivity contribution in [2.45, 2.75) is 25.8 Å². The molecule has 1 aromatic heterocycles. The molecule has 0 radical (unpaired) electrons. The van der Waals surface area contributed by atoms with E-state index in [1.807, 2.05) is 0 Å². The highest BCUT2D eigenvalue weighted by Crippen LogP contribution is 2.22. The highest BCUT2D eigenvalue weighted by atomic mass is 32.2. The van der Waals surface area contributed by atoms with Gasteiger partial charge in [0.05, 0.1) is 5.88 Å². The lowest BCUT2D eigenvalue weighted by atomic mass is 10.2. The average Bonchev–Trinajstić information content (AvgIpc) is 2.94. The van der Waals surface area contributed by atoms with Gasteiger partial charge < -0.3 is 14.5 Å². The van der Waals surface area contributed by atoms with Gasteiger partial charge in [-0.3, -0.25) is 4.79 Å². The minimum atomic E-state index is -0.956. The van der Waals surface area contributed by atoms with E-state index in [1.165, 1.54) is 16.7 Å². The SMILES string of the molecule is Cc1noc(CCC(=O)N2CSC[C@H]2C(=O)O)n1. The Kier molecular flexibility index (Phi) is 3.85. The van der Waals surface area contributed by atoms with Crippen LogP contribution in [0.5, 0.6) is 0 Å². The third kappa shape index (κ3) is 2.81. The van der Waals surface area contributed by atoms with Crippen molar-refractivity contribution in [3.63, 3.8) is 0 Å². The molecular weight excluding hydrogens is 258 g/mol. The summed E-state index contributed by atoms with van der Waals surface area (Å²) in [6, 6.07) is -0.716. The van der Waals surface area contributed by atoms with Gasteiger partial charge in [0.25, 0.3) is 0 Å². The number of carbonyl (C=O) groups is 2. The summed E-state index contributed by atoms with van der Waals surface area (Å²) in [7, 11) is 0. The molecule has 1 aromatic rings. The molecule has 0 saturated carbocycles. The third-order valence-electron chi connectivity index (χ3n) is 2.61. The molecule has 1 atom stereocenters. The Morgan fingerprint density at radius 1 is 1.61 bits per heavy atom. The molecule has 1 fully saturated rings. The van der Waals surface area contributed by atoms with Crippen molar-refractivity contribution in [1.29, 1.82) is 0 Å². The van der Waals surface area contributed by atoms with E-state index in [0.29, 0.717) is 29.8 Å². The Bertz CT molecular complexity index is 462. The maximum Gasteiger partial charge on any atom is 0.327 e. The highest BCUT2D eigenvalue weighted by Gasteiger charge is 2.34. The first-order chi connectivity index (χ1) is 8.58. The molecule has 1 amide bonds. The number of aryl methyl sites for hydroxylation is 2. The summed E-state index contributed by atoms with van der Waals surface area (Å²) in [5.74, 6) is 0.654. The maximum atomic E-state index is 11.9. The molecular formula is C10H13N3O4S. The van der Waals surface area contributed by atoms with Crippen molar-refractivity contribution >= 4 is 23.6 Å². The fourth-order valence-electron chi connectivity index (χ4n) is 1.69. The quantitative estimate of drug-likeness (QED) is 0.841. The molecule has 18 heavy (non-hydrogen) atoms. The van der Waals surface area contributed by atoms with Crippen LogP contribution in [0.25, 0.3) is 0 Å². The first-order valence-electron chi connectivity index (χ1n) is 5.47. The fourth-order valence-corrected chi connectivity index (χ4v) is 2.86. The van der Waals surface area contributed by atoms with Gasteiger partial charge in [-0.1, -0.05) is 5.16 Å². The number of rotatable bonds is 4. The highest BCUT2D eigenvalue weighted by molar-refractivity contribution is 7.99. The zero-order valence-electron chi connectivity index (χ0n) is 9.83. The molecule has 2 rings (SSSR count). The van der Waals surface area contributed by atoms with E-state index in [-0.39, 0.29) is 12.3 Å². The zero-order chi connectivity index (χ0) is 13.1. The van der Waals surface area contributed by atoms with E-state index < -0.39 is 12.0 Å². The first-order valence-corrected chi connectivity index (χ1v) is 6.62. The fraction of sp³-hybridized carbons (Fsp3) is 0.600. The second-order valence-corrected chi connectivity index (χ2v) is 4.95. The number of thioether (sulfide) groups is 1. The topological polar surface area (TPSA) is 96.5 Å². The van der Waals surface area contributed by atoms with Crippen molar-refractivity contribution in [2.75, 3.05) is 11.6 Å². The van der Waals surface area contributed by atoms with Crippen molar-refractivity contribution in [3.8, 4) is 0 Å². The molecule has 0 bridgehead atoms. The number of amides is 1. The van der Waals surface area contributed by atoms with Crippen LogP contribution in [0.4, 0.5) is 0 Å². The number of hydrogen-bond donors (Lipinski definition) is 1. The van der Waals surface area contributed by atoms with E-state index in [0.717, 1.165) is 0 Å². The van der Waals surface area contributed by atoms with Crippen LogP contribution in [-0.2, 0) is 16.0 Å². The third-order valence-corrected chi connectivity index (χ3v) is 3.62. The molecule has 1 N–H and O–H groups in total. The maximum absolute atomic E-state index is 11.9. The van der Waals surface area contributed by atoms with Gasteiger partial charge >= 0.3 is 5.97 Å². The minimum Gasteiger partial charge on any atom is -0.480 e. The van der Waals surface area contributed by atoms with Gasteiger partial charge in [-0.25, -0.2) is 4.79 Å². The number of aromatic nitrogens is 2. The van der Waals surface area contributed by atoms with Crippen LogP contribution >= 0.6 is 11.8 Å². The molecule has 98 valence electrons. The average molecular weight is 271 g/mol. The molecule has 1 aliphatic heterocycles. The molecule has 8 heteroatoms. The van der Waals surface area contributed by atoms with Crippen molar-refractivity contribution in [2.24, 2.45) is 0 Å². The van der Waals surface area contributed by atoms with Crippen LogP contribution < -0.4 is 0 Å². The smallest absolute Gasteiger partial charge is 0.327 e. The van der Waals surface area contributed by atoms with Gasteiger partial charge in [0, 0.05) is 18.6 Å². The van der Waals surface area contributed by atoms with E-state index in [1.54, 1.807) is 6.92 Å². The van der Waals surface area contributed by atoms with Crippen LogP contribution in [0, 0.1) is 6.92 Å². The minimum absolute atomic E-state index is 0.186. The molecule has 1 aliphatic rings. The van der Waals surface area contributed by atoms with Crippen LogP contribution in [-0.4, -0.2) is 49.7 Å². The standard InChI is InChI=1S/C10H13N3O4S/c1-6-11-8(17-12-6)2-3-9(14)13-5-18-4-7(13)10(15)16/h7H,2-5H2,1H3,(H,15,16)/t7-/m0/s1. The van der Waals surface area contributed by atoms with Crippen LogP contribution in [0.15, 0.2) is 4.52 Å². The van der Waals surface area contributed by atoms with E-state index >= 15 is 0 Å². The van der Waals surface area contributed by atoms with E-state index in [9.17, 15) is 9.59 Å². The van der Waals surface area contributed by atoms with Gasteiger partial charge in [0.1, 0.15) is 6.04 Å². The van der Waals surface area contributed by atoms with Gasteiger partial charge in [0.2, 0.25) is 11.8 Å². The second-order valence-electron chi connectivity index (χ2n) is 3.95. The Balaban J connectivity index is 1.89. The lowest BCUT2D eigenvalue weighted by molar-refractivity contribution is -0.147. The molecule has 0 unspecified atom stereocenters. The molecule has 0 spiro atoms. The molecule has 7 nitrogen and oxygen atoms in total. The van der Waals surface area contributed by atoms with E-state index in [2.05, 4.69) is 10.1 Å². The zero-order valence-corrected chi connectivity index (χ0v) is 10.6. The van der Waals surface area contributed by atoms with Crippen LogP contribution in [0.2, 0.25) is 0 Å². The lowest BCUT2D eigenvalue weighted by Crippen LogP contribution is -2.41. The lowest BCUT2D eigenvalue weighted by Gasteiger charge is -2.19. The Hall–Kier alpha value is -1.57. The first kappa shape index (κ1) is 12.9.